The van der Waals surface area contributed by atoms with Crippen LogP contribution in [0.25, 0.3) is 0 Å². The Kier molecular flexibility index (Phi) is 42.2. The molecular weight excluding hydrogens is 787 g/mol. The van der Waals surface area contributed by atoms with Crippen LogP contribution in [0.2, 0.25) is 0 Å². The fourth-order valence-corrected chi connectivity index (χ4v) is 6.67. The van der Waals surface area contributed by atoms with Crippen molar-refractivity contribution in [3.05, 3.63) is 97.2 Å². The maximum Gasteiger partial charge on any atom is 0.362 e. The molecule has 0 bridgehead atoms. The lowest BCUT2D eigenvalue weighted by Crippen LogP contribution is -2.50. The van der Waals surface area contributed by atoms with Gasteiger partial charge in [0.2, 0.25) is 0 Å². The van der Waals surface area contributed by atoms with E-state index in [4.69, 9.17) is 14.2 Å². The van der Waals surface area contributed by atoms with Gasteiger partial charge in [0.15, 0.2) is 12.1 Å². The summed E-state index contributed by atoms with van der Waals surface area (Å²) >= 11 is 0. The molecule has 0 spiro atoms. The number of rotatable bonds is 43. The third kappa shape index (κ3) is 43.3. The first-order valence-corrected chi connectivity index (χ1v) is 24.8. The van der Waals surface area contributed by atoms with Crippen LogP contribution in [0.1, 0.15) is 181 Å². The second-order valence-electron chi connectivity index (χ2n) is 17.5. The van der Waals surface area contributed by atoms with Crippen molar-refractivity contribution >= 4 is 17.9 Å². The van der Waals surface area contributed by atoms with Gasteiger partial charge in [-0.1, -0.05) is 175 Å². The number of ether oxygens (including phenoxy) is 3. The van der Waals surface area contributed by atoms with Crippen LogP contribution < -0.4 is 0 Å². The Morgan fingerprint density at radius 2 is 0.905 bits per heavy atom. The smallest absolute Gasteiger partial charge is 0.362 e. The summed E-state index contributed by atoms with van der Waals surface area (Å²) in [7, 11) is 5.51. The molecule has 2 atom stereocenters. The number of hydrogen-bond donors (Lipinski definition) is 1. The molecule has 1 N–H and O–H groups in total. The van der Waals surface area contributed by atoms with Gasteiger partial charge in [-0.15, -0.1) is 0 Å². The zero-order valence-corrected chi connectivity index (χ0v) is 40.7. The highest BCUT2D eigenvalue weighted by Gasteiger charge is 2.31. The molecule has 0 aromatic heterocycles. The molecule has 0 heterocycles. The summed E-state index contributed by atoms with van der Waals surface area (Å²) in [5.41, 5.74) is 0. The molecule has 358 valence electrons. The molecule has 2 unspecified atom stereocenters. The summed E-state index contributed by atoms with van der Waals surface area (Å²) < 4.78 is 17.3. The second-order valence-corrected chi connectivity index (χ2v) is 17.5. The summed E-state index contributed by atoms with van der Waals surface area (Å²) in [6.07, 6.45) is 60.1. The van der Waals surface area contributed by atoms with Crippen LogP contribution in [-0.2, 0) is 28.6 Å². The minimum Gasteiger partial charge on any atom is -0.477 e. The SMILES string of the molecule is CCCCC/C=C/C=C/C=C/C=C/CCCCCCCC(=O)OCC(COCCC(C(=O)O)[N+](C)(C)C)OC(=O)CCCCCCC/C=C/C/C=C/C/C=C/C/C=C/CCCCC. The Morgan fingerprint density at radius 3 is 1.38 bits per heavy atom. The molecule has 0 saturated carbocycles. The third-order valence-corrected chi connectivity index (χ3v) is 10.6. The molecule has 0 radical (unpaired) electrons. The van der Waals surface area contributed by atoms with Crippen LogP contribution in [0.5, 0.6) is 0 Å². The molecule has 0 aliphatic carbocycles. The van der Waals surface area contributed by atoms with Gasteiger partial charge in [0.1, 0.15) is 6.61 Å². The number of unbranched alkanes of at least 4 members (excludes halogenated alkanes) is 16. The highest BCUT2D eigenvalue weighted by atomic mass is 16.6. The van der Waals surface area contributed by atoms with Crippen molar-refractivity contribution in [1.29, 1.82) is 0 Å². The van der Waals surface area contributed by atoms with Gasteiger partial charge in [0.25, 0.3) is 0 Å². The number of carboxylic acids is 1. The van der Waals surface area contributed by atoms with Crippen LogP contribution in [0, 0.1) is 0 Å². The van der Waals surface area contributed by atoms with Crippen molar-refractivity contribution in [1.82, 2.24) is 0 Å². The minimum atomic E-state index is -0.886. The first kappa shape index (κ1) is 59.2. The quantitative estimate of drug-likeness (QED) is 0.0214. The van der Waals surface area contributed by atoms with E-state index in [0.29, 0.717) is 19.3 Å². The molecule has 0 aromatic rings. The average Bonchev–Trinajstić information content (AvgIpc) is 3.24. The van der Waals surface area contributed by atoms with Crippen LogP contribution in [-0.4, -0.2) is 80.6 Å². The average molecular weight is 879 g/mol. The van der Waals surface area contributed by atoms with E-state index < -0.39 is 18.1 Å². The van der Waals surface area contributed by atoms with Crippen molar-refractivity contribution in [2.45, 2.75) is 193 Å². The predicted octanol–water partition coefficient (Wildman–Crippen LogP) is 14.2. The minimum absolute atomic E-state index is 0.0391. The summed E-state index contributed by atoms with van der Waals surface area (Å²) in [6, 6.07) is -0.629. The normalized spacial score (nSPS) is 13.7. The Labute approximate surface area is 386 Å². The molecule has 0 aliphatic heterocycles. The number of allylic oxidation sites excluding steroid dienone is 16. The molecule has 0 amide bonds. The first-order chi connectivity index (χ1) is 30.6. The van der Waals surface area contributed by atoms with Gasteiger partial charge < -0.3 is 23.8 Å². The molecular formula is C55H92NO7+. The zero-order chi connectivity index (χ0) is 46.3. The summed E-state index contributed by atoms with van der Waals surface area (Å²) in [5, 5.41) is 9.65. The Bertz CT molecular complexity index is 1350. The zero-order valence-electron chi connectivity index (χ0n) is 40.7. The van der Waals surface area contributed by atoms with Gasteiger partial charge in [-0.3, -0.25) is 9.59 Å². The molecule has 0 aromatic carbocycles. The van der Waals surface area contributed by atoms with E-state index in [0.717, 1.165) is 103 Å². The lowest BCUT2D eigenvalue weighted by Gasteiger charge is -2.31. The summed E-state index contributed by atoms with van der Waals surface area (Å²) in [6.45, 7) is 4.61. The molecule has 0 aliphatic rings. The Morgan fingerprint density at radius 1 is 0.492 bits per heavy atom. The highest BCUT2D eigenvalue weighted by Crippen LogP contribution is 2.13. The maximum absolute atomic E-state index is 12.8. The maximum atomic E-state index is 12.8. The number of quaternary nitrogens is 1. The predicted molar refractivity (Wildman–Crippen MR) is 266 cm³/mol. The number of carboxylic acid groups (broad SMARTS) is 1. The number of aliphatic carboxylic acids is 1. The largest absolute Gasteiger partial charge is 0.477 e. The lowest BCUT2D eigenvalue weighted by molar-refractivity contribution is -0.887. The molecule has 0 fully saturated rings. The number of carbonyl (C=O) groups excluding carboxylic acids is 2. The topological polar surface area (TPSA) is 99.1 Å². The van der Waals surface area contributed by atoms with Crippen molar-refractivity contribution in [2.24, 2.45) is 0 Å². The van der Waals surface area contributed by atoms with E-state index in [9.17, 15) is 19.5 Å². The Balaban J connectivity index is 4.40. The van der Waals surface area contributed by atoms with E-state index in [1.54, 1.807) is 0 Å². The highest BCUT2D eigenvalue weighted by molar-refractivity contribution is 5.72. The van der Waals surface area contributed by atoms with Gasteiger partial charge in [-0.25, -0.2) is 4.79 Å². The lowest BCUT2D eigenvalue weighted by atomic mass is 10.1. The molecule has 0 rings (SSSR count). The number of nitrogens with zero attached hydrogens (tertiary/aromatic N) is 1. The van der Waals surface area contributed by atoms with Crippen molar-refractivity contribution in [3.8, 4) is 0 Å². The standard InChI is InChI=1S/C55H91NO7/c1-6-8-10-12-14-16-18-20-22-24-26-27-28-30-32-34-36-38-40-42-44-46-54(58)63-51(49-61-48-47-52(55(59)60)56(3,4)5)50-62-53(57)45-43-41-39-37-35-33-31-29-25-23-21-19-17-15-13-11-9-7-2/h14-17,19-23,25-27,29-32,51-52H,6-13,18,24,28,33-50H2,1-5H3/p+1/b16-14+,17-15+,21-19+,22-20+,25-23+,27-26+,31-29+,32-30+. The van der Waals surface area contributed by atoms with Gasteiger partial charge in [-0.2, -0.15) is 0 Å². The molecule has 8 nitrogen and oxygen atoms in total. The van der Waals surface area contributed by atoms with Crippen LogP contribution >= 0.6 is 0 Å². The third-order valence-electron chi connectivity index (χ3n) is 10.6. The molecule has 8 heteroatoms. The number of esters is 2. The number of likely N-dealkylation sites (N-methyl/N-ethyl adjacent to an activating group) is 1. The van der Waals surface area contributed by atoms with E-state index in [-0.39, 0.29) is 36.2 Å². The van der Waals surface area contributed by atoms with Gasteiger partial charge in [0.05, 0.1) is 34.4 Å². The van der Waals surface area contributed by atoms with E-state index in [1.807, 2.05) is 21.1 Å². The van der Waals surface area contributed by atoms with Gasteiger partial charge in [0, 0.05) is 19.3 Å². The van der Waals surface area contributed by atoms with Crippen LogP contribution in [0.15, 0.2) is 97.2 Å². The number of carbonyl (C=O) groups is 3. The molecule has 63 heavy (non-hydrogen) atoms. The summed E-state index contributed by atoms with van der Waals surface area (Å²) in [5.74, 6) is -1.53. The van der Waals surface area contributed by atoms with Crippen molar-refractivity contribution in [3.63, 3.8) is 0 Å². The van der Waals surface area contributed by atoms with Gasteiger partial charge >= 0.3 is 17.9 Å². The fraction of sp³-hybridized carbons (Fsp3) is 0.655. The van der Waals surface area contributed by atoms with Crippen LogP contribution in [0.3, 0.4) is 0 Å². The summed E-state index contributed by atoms with van der Waals surface area (Å²) in [4.78, 5) is 37.1. The van der Waals surface area contributed by atoms with E-state index in [1.165, 1.54) is 44.9 Å². The van der Waals surface area contributed by atoms with E-state index >= 15 is 0 Å². The first-order valence-electron chi connectivity index (χ1n) is 24.8. The van der Waals surface area contributed by atoms with Crippen molar-refractivity contribution < 1.29 is 38.2 Å². The fourth-order valence-electron chi connectivity index (χ4n) is 6.67. The van der Waals surface area contributed by atoms with E-state index in [2.05, 4.69) is 111 Å². The van der Waals surface area contributed by atoms with Gasteiger partial charge in [-0.05, 0) is 83.5 Å². The molecule has 0 saturated heterocycles. The second kappa shape index (κ2) is 44.8. The number of hydrogen-bond acceptors (Lipinski definition) is 6. The van der Waals surface area contributed by atoms with Crippen molar-refractivity contribution in [2.75, 3.05) is 41.0 Å². The van der Waals surface area contributed by atoms with Crippen LogP contribution in [0.4, 0.5) is 0 Å². The Hall–Kier alpha value is -3.75. The monoisotopic (exact) mass is 879 g/mol.